The zero-order chi connectivity index (χ0) is 10.8. The molecule has 14 heavy (non-hydrogen) atoms. The Hall–Kier alpha value is -0.980. The van der Waals surface area contributed by atoms with Crippen molar-refractivity contribution in [3.63, 3.8) is 0 Å². The quantitative estimate of drug-likeness (QED) is 0.658. The van der Waals surface area contributed by atoms with Gasteiger partial charge in [0, 0.05) is 11.2 Å². The summed E-state index contributed by atoms with van der Waals surface area (Å²) < 4.78 is 0. The average Bonchev–Trinajstić information content (AvgIpc) is 2.41. The second-order valence-electron chi connectivity index (χ2n) is 4.35. The lowest BCUT2D eigenvalue weighted by atomic mass is 10.0. The largest absolute Gasteiger partial charge is 0.380 e. The van der Waals surface area contributed by atoms with Crippen LogP contribution in [0.3, 0.4) is 0 Å². The zero-order valence-electron chi connectivity index (χ0n) is 9.94. The first-order valence-electron chi connectivity index (χ1n) is 5.45. The highest BCUT2D eigenvalue weighted by molar-refractivity contribution is 5.59. The summed E-state index contributed by atoms with van der Waals surface area (Å²) in [5.41, 5.74) is 4.35. The number of benzene rings is 1. The van der Waals surface area contributed by atoms with Crippen LogP contribution in [0.5, 0.6) is 0 Å². The molecule has 1 heteroatoms. The van der Waals surface area contributed by atoms with Crippen LogP contribution in [0, 0.1) is 6.92 Å². The van der Waals surface area contributed by atoms with Crippen LogP contribution in [0.4, 0.5) is 5.69 Å². The number of rotatable bonds is 0. The fourth-order valence-corrected chi connectivity index (χ4v) is 1.85. The summed E-state index contributed by atoms with van der Waals surface area (Å²) in [7, 11) is 0. The van der Waals surface area contributed by atoms with E-state index in [2.05, 4.69) is 44.3 Å². The van der Waals surface area contributed by atoms with Gasteiger partial charge in [-0.3, -0.25) is 0 Å². The summed E-state index contributed by atoms with van der Waals surface area (Å²) in [6.45, 7) is 10.6. The summed E-state index contributed by atoms with van der Waals surface area (Å²) in [5, 5.41) is 3.51. The van der Waals surface area contributed by atoms with Crippen molar-refractivity contribution >= 4 is 5.69 Å². The Balaban J connectivity index is 0.000000461. The molecule has 1 aliphatic heterocycles. The van der Waals surface area contributed by atoms with E-state index in [9.17, 15) is 0 Å². The number of hydrogen-bond acceptors (Lipinski definition) is 1. The van der Waals surface area contributed by atoms with Crippen LogP contribution < -0.4 is 5.32 Å². The summed E-state index contributed by atoms with van der Waals surface area (Å²) in [6, 6.07) is 6.64. The Morgan fingerprint density at radius 2 is 1.86 bits per heavy atom. The molecule has 0 fully saturated rings. The molecule has 1 aromatic rings. The van der Waals surface area contributed by atoms with E-state index in [0.29, 0.717) is 0 Å². The Labute approximate surface area is 87.5 Å². The summed E-state index contributed by atoms with van der Waals surface area (Å²) >= 11 is 0. The van der Waals surface area contributed by atoms with Gasteiger partial charge in [-0.25, -0.2) is 0 Å². The summed E-state index contributed by atoms with van der Waals surface area (Å²) in [6.07, 6.45) is 1.14. The van der Waals surface area contributed by atoms with Gasteiger partial charge in [0.15, 0.2) is 0 Å². The van der Waals surface area contributed by atoms with Gasteiger partial charge in [0.1, 0.15) is 0 Å². The van der Waals surface area contributed by atoms with Crippen LogP contribution in [0.25, 0.3) is 0 Å². The van der Waals surface area contributed by atoms with Crippen molar-refractivity contribution in [3.8, 4) is 0 Å². The minimum Gasteiger partial charge on any atom is -0.380 e. The van der Waals surface area contributed by atoms with Crippen LogP contribution in [0.1, 0.15) is 38.8 Å². The second kappa shape index (κ2) is 4.04. The molecular formula is C13H21N. The first-order valence-corrected chi connectivity index (χ1v) is 5.45. The first kappa shape index (κ1) is 11.1. The van der Waals surface area contributed by atoms with E-state index >= 15 is 0 Å². The van der Waals surface area contributed by atoms with Crippen molar-refractivity contribution in [1.82, 2.24) is 0 Å². The van der Waals surface area contributed by atoms with Gasteiger partial charge in [0.2, 0.25) is 0 Å². The number of aryl methyl sites for hydroxylation is 1. The van der Waals surface area contributed by atoms with E-state index in [1.165, 1.54) is 16.8 Å². The normalized spacial score (nSPS) is 16.4. The molecule has 0 amide bonds. The van der Waals surface area contributed by atoms with Gasteiger partial charge in [0.25, 0.3) is 0 Å². The zero-order valence-corrected chi connectivity index (χ0v) is 9.94. The maximum Gasteiger partial charge on any atom is 0.0380 e. The van der Waals surface area contributed by atoms with Crippen molar-refractivity contribution in [2.24, 2.45) is 0 Å². The van der Waals surface area contributed by atoms with Gasteiger partial charge >= 0.3 is 0 Å². The van der Waals surface area contributed by atoms with Crippen molar-refractivity contribution in [3.05, 3.63) is 29.3 Å². The summed E-state index contributed by atoms with van der Waals surface area (Å²) in [4.78, 5) is 0. The molecule has 0 atom stereocenters. The highest BCUT2D eigenvalue weighted by Gasteiger charge is 2.26. The molecule has 1 N–H and O–H groups in total. The SMILES string of the molecule is CC.Cc1ccc2c(c1)NC(C)(C)C2. The lowest BCUT2D eigenvalue weighted by molar-refractivity contribution is 0.594. The molecule has 1 aliphatic rings. The predicted molar refractivity (Wildman–Crippen MR) is 63.9 cm³/mol. The van der Waals surface area contributed by atoms with E-state index in [1.54, 1.807) is 0 Å². The van der Waals surface area contributed by atoms with Gasteiger partial charge in [-0.1, -0.05) is 26.0 Å². The second-order valence-corrected chi connectivity index (χ2v) is 4.35. The Morgan fingerprint density at radius 1 is 1.21 bits per heavy atom. The lowest BCUT2D eigenvalue weighted by Gasteiger charge is -2.17. The molecule has 0 radical (unpaired) electrons. The molecule has 1 aromatic carbocycles. The molecule has 2 rings (SSSR count). The van der Waals surface area contributed by atoms with Crippen molar-refractivity contribution < 1.29 is 0 Å². The maximum atomic E-state index is 3.51. The third kappa shape index (κ3) is 2.28. The number of nitrogens with one attached hydrogen (secondary N) is 1. The minimum atomic E-state index is 0.246. The number of hydrogen-bond donors (Lipinski definition) is 1. The fraction of sp³-hybridized carbons (Fsp3) is 0.538. The van der Waals surface area contributed by atoms with Gasteiger partial charge in [0.05, 0.1) is 0 Å². The molecule has 0 bridgehead atoms. The number of anilines is 1. The molecule has 0 saturated carbocycles. The van der Waals surface area contributed by atoms with Crippen LogP contribution in [-0.4, -0.2) is 5.54 Å². The van der Waals surface area contributed by atoms with Gasteiger partial charge in [-0.2, -0.15) is 0 Å². The molecule has 78 valence electrons. The van der Waals surface area contributed by atoms with Gasteiger partial charge < -0.3 is 5.32 Å². The molecule has 0 spiro atoms. The highest BCUT2D eigenvalue weighted by atomic mass is 15.0. The molecule has 0 aliphatic carbocycles. The van der Waals surface area contributed by atoms with Gasteiger partial charge in [-0.15, -0.1) is 0 Å². The third-order valence-electron chi connectivity index (χ3n) is 2.37. The molecule has 1 nitrogen and oxygen atoms in total. The standard InChI is InChI=1S/C11H15N.C2H6/c1-8-4-5-9-7-11(2,3)12-10(9)6-8;1-2/h4-6,12H,7H2,1-3H3;1-2H3. The number of fused-ring (bicyclic) bond motifs is 1. The van der Waals surface area contributed by atoms with E-state index in [4.69, 9.17) is 0 Å². The van der Waals surface area contributed by atoms with E-state index in [0.717, 1.165) is 6.42 Å². The molecular weight excluding hydrogens is 170 g/mol. The smallest absolute Gasteiger partial charge is 0.0380 e. The molecule has 1 heterocycles. The predicted octanol–water partition coefficient (Wildman–Crippen LogP) is 3.77. The van der Waals surface area contributed by atoms with Crippen LogP contribution in [-0.2, 0) is 6.42 Å². The molecule has 0 aromatic heterocycles. The first-order chi connectivity index (χ1) is 6.57. The monoisotopic (exact) mass is 191 g/mol. The van der Waals surface area contributed by atoms with Crippen molar-refractivity contribution in [2.45, 2.75) is 46.6 Å². The minimum absolute atomic E-state index is 0.246. The summed E-state index contributed by atoms with van der Waals surface area (Å²) in [5.74, 6) is 0. The Bertz CT molecular complexity index is 313. The van der Waals surface area contributed by atoms with E-state index in [1.807, 2.05) is 13.8 Å². The van der Waals surface area contributed by atoms with Gasteiger partial charge in [-0.05, 0) is 44.4 Å². The van der Waals surface area contributed by atoms with Crippen LogP contribution in [0.2, 0.25) is 0 Å². The third-order valence-corrected chi connectivity index (χ3v) is 2.37. The topological polar surface area (TPSA) is 12.0 Å². The molecule has 0 unspecified atom stereocenters. The molecule has 0 saturated heterocycles. The van der Waals surface area contributed by atoms with Crippen molar-refractivity contribution in [1.29, 1.82) is 0 Å². The lowest BCUT2D eigenvalue weighted by Crippen LogP contribution is -2.27. The van der Waals surface area contributed by atoms with Crippen LogP contribution in [0.15, 0.2) is 18.2 Å². The Morgan fingerprint density at radius 3 is 2.50 bits per heavy atom. The van der Waals surface area contributed by atoms with Crippen molar-refractivity contribution in [2.75, 3.05) is 5.32 Å². The Kier molecular flexibility index (Phi) is 3.20. The maximum absolute atomic E-state index is 3.51. The van der Waals surface area contributed by atoms with E-state index in [-0.39, 0.29) is 5.54 Å². The van der Waals surface area contributed by atoms with Crippen LogP contribution >= 0.6 is 0 Å². The fourth-order valence-electron chi connectivity index (χ4n) is 1.85. The van der Waals surface area contributed by atoms with E-state index < -0.39 is 0 Å². The average molecular weight is 191 g/mol. The highest BCUT2D eigenvalue weighted by Crippen LogP contribution is 2.32.